The van der Waals surface area contributed by atoms with Crippen LogP contribution >= 0.6 is 0 Å². The first kappa shape index (κ1) is 19.9. The van der Waals surface area contributed by atoms with Gasteiger partial charge in [0, 0.05) is 38.8 Å². The Balaban J connectivity index is 1.66. The smallest absolute Gasteiger partial charge is 0.242 e. The van der Waals surface area contributed by atoms with Crippen LogP contribution in [0, 0.1) is 19.7 Å². The molecule has 0 unspecified atom stereocenters. The molecule has 3 rings (SSSR count). The number of nitrogens with zero attached hydrogens (tertiary/aromatic N) is 3. The van der Waals surface area contributed by atoms with Gasteiger partial charge in [-0.15, -0.1) is 0 Å². The highest BCUT2D eigenvalue weighted by atomic mass is 19.1. The van der Waals surface area contributed by atoms with Crippen LogP contribution in [-0.2, 0) is 9.59 Å². The van der Waals surface area contributed by atoms with E-state index in [9.17, 15) is 14.0 Å². The molecule has 0 aliphatic carbocycles. The van der Waals surface area contributed by atoms with E-state index in [0.717, 1.165) is 16.8 Å². The number of anilines is 2. The molecule has 5 nitrogen and oxygen atoms in total. The van der Waals surface area contributed by atoms with E-state index in [4.69, 9.17) is 0 Å². The molecule has 0 bridgehead atoms. The van der Waals surface area contributed by atoms with Crippen molar-refractivity contribution in [2.45, 2.75) is 20.8 Å². The second-order valence-electron chi connectivity index (χ2n) is 7.14. The Hall–Kier alpha value is -2.89. The molecule has 0 radical (unpaired) electrons. The van der Waals surface area contributed by atoms with Gasteiger partial charge in [0.2, 0.25) is 11.8 Å². The molecule has 148 valence electrons. The molecule has 1 aliphatic rings. The van der Waals surface area contributed by atoms with Crippen LogP contribution in [0.2, 0.25) is 0 Å². The van der Waals surface area contributed by atoms with Gasteiger partial charge in [-0.3, -0.25) is 9.59 Å². The van der Waals surface area contributed by atoms with Gasteiger partial charge in [-0.05, 0) is 43.2 Å². The number of halogens is 1. The molecule has 0 saturated carbocycles. The number of carbonyl (C=O) groups excluding carboxylic acids is 2. The molecule has 28 heavy (non-hydrogen) atoms. The average Bonchev–Trinajstić information content (AvgIpc) is 2.69. The van der Waals surface area contributed by atoms with E-state index < -0.39 is 0 Å². The fourth-order valence-electron chi connectivity index (χ4n) is 3.53. The monoisotopic (exact) mass is 383 g/mol. The number of rotatable bonds is 4. The molecule has 0 spiro atoms. The van der Waals surface area contributed by atoms with E-state index in [-0.39, 0.29) is 24.2 Å². The van der Waals surface area contributed by atoms with Crippen molar-refractivity contribution in [2.75, 3.05) is 42.5 Å². The Kier molecular flexibility index (Phi) is 5.97. The second kappa shape index (κ2) is 8.42. The van der Waals surface area contributed by atoms with Gasteiger partial charge in [0.25, 0.3) is 0 Å². The maximum absolute atomic E-state index is 14.0. The molecule has 2 amide bonds. The fourth-order valence-corrected chi connectivity index (χ4v) is 3.53. The third-order valence-electron chi connectivity index (χ3n) is 5.37. The summed E-state index contributed by atoms with van der Waals surface area (Å²) in [7, 11) is 0. The van der Waals surface area contributed by atoms with Crippen LogP contribution in [0.3, 0.4) is 0 Å². The van der Waals surface area contributed by atoms with Gasteiger partial charge < -0.3 is 14.7 Å². The number of carbonyl (C=O) groups is 2. The highest BCUT2D eigenvalue weighted by Gasteiger charge is 2.26. The maximum atomic E-state index is 14.0. The lowest BCUT2D eigenvalue weighted by molar-refractivity contribution is -0.131. The summed E-state index contributed by atoms with van der Waals surface area (Å²) in [5.74, 6) is -0.503. The summed E-state index contributed by atoms with van der Waals surface area (Å²) in [5, 5.41) is 0. The predicted octanol–water partition coefficient (Wildman–Crippen LogP) is 3.14. The Labute approximate surface area is 165 Å². The van der Waals surface area contributed by atoms with Crippen LogP contribution in [0.4, 0.5) is 15.8 Å². The van der Waals surface area contributed by atoms with Gasteiger partial charge in [0.15, 0.2) is 0 Å². The van der Waals surface area contributed by atoms with E-state index in [1.165, 1.54) is 17.9 Å². The topological polar surface area (TPSA) is 43.9 Å². The van der Waals surface area contributed by atoms with Crippen LogP contribution in [0.15, 0.2) is 42.5 Å². The van der Waals surface area contributed by atoms with Gasteiger partial charge in [0.1, 0.15) is 12.4 Å². The summed E-state index contributed by atoms with van der Waals surface area (Å²) in [6, 6.07) is 12.4. The molecule has 0 atom stereocenters. The van der Waals surface area contributed by atoms with E-state index in [0.29, 0.717) is 31.9 Å². The number of aryl methyl sites for hydroxylation is 1. The Bertz CT molecular complexity index is 876. The van der Waals surface area contributed by atoms with Crippen molar-refractivity contribution in [1.82, 2.24) is 4.90 Å². The van der Waals surface area contributed by atoms with Crippen molar-refractivity contribution in [3.63, 3.8) is 0 Å². The van der Waals surface area contributed by atoms with Crippen LogP contribution in [0.5, 0.6) is 0 Å². The highest BCUT2D eigenvalue weighted by Crippen LogP contribution is 2.24. The van der Waals surface area contributed by atoms with Gasteiger partial charge in [-0.25, -0.2) is 4.39 Å². The van der Waals surface area contributed by atoms with Crippen molar-refractivity contribution >= 4 is 23.2 Å². The second-order valence-corrected chi connectivity index (χ2v) is 7.14. The summed E-state index contributed by atoms with van der Waals surface area (Å²) in [5.41, 5.74) is 3.41. The first-order valence-electron chi connectivity index (χ1n) is 9.50. The number of hydrogen-bond acceptors (Lipinski definition) is 3. The van der Waals surface area contributed by atoms with Crippen molar-refractivity contribution in [2.24, 2.45) is 0 Å². The third-order valence-corrected chi connectivity index (χ3v) is 5.37. The average molecular weight is 383 g/mol. The zero-order valence-corrected chi connectivity index (χ0v) is 16.6. The number of amides is 2. The molecule has 6 heteroatoms. The molecule has 1 aliphatic heterocycles. The first-order valence-corrected chi connectivity index (χ1v) is 9.50. The predicted molar refractivity (Wildman–Crippen MR) is 109 cm³/mol. The molecule has 0 aromatic heterocycles. The highest BCUT2D eigenvalue weighted by molar-refractivity contribution is 5.98. The van der Waals surface area contributed by atoms with E-state index in [2.05, 4.69) is 0 Å². The lowest BCUT2D eigenvalue weighted by Gasteiger charge is -2.37. The van der Waals surface area contributed by atoms with Crippen molar-refractivity contribution in [3.05, 3.63) is 59.4 Å². The van der Waals surface area contributed by atoms with E-state index in [1.54, 1.807) is 17.0 Å². The lowest BCUT2D eigenvalue weighted by Crippen LogP contribution is -2.52. The fraction of sp³-hybridized carbons (Fsp3) is 0.364. The van der Waals surface area contributed by atoms with Crippen molar-refractivity contribution in [3.8, 4) is 0 Å². The Morgan fingerprint density at radius 3 is 2.32 bits per heavy atom. The summed E-state index contributed by atoms with van der Waals surface area (Å²) >= 11 is 0. The minimum absolute atomic E-state index is 0.0132. The number of hydrogen-bond donors (Lipinski definition) is 0. The van der Waals surface area contributed by atoms with Gasteiger partial charge in [-0.2, -0.15) is 0 Å². The minimum Gasteiger partial charge on any atom is -0.366 e. The zero-order valence-electron chi connectivity index (χ0n) is 16.6. The largest absolute Gasteiger partial charge is 0.366 e. The first-order chi connectivity index (χ1) is 13.4. The van der Waals surface area contributed by atoms with Gasteiger partial charge >= 0.3 is 0 Å². The number of para-hydroxylation sites is 1. The third kappa shape index (κ3) is 4.16. The van der Waals surface area contributed by atoms with Crippen LogP contribution < -0.4 is 9.80 Å². The van der Waals surface area contributed by atoms with Crippen LogP contribution in [0.25, 0.3) is 0 Å². The normalized spacial score (nSPS) is 14.1. The molecule has 1 heterocycles. The summed E-state index contributed by atoms with van der Waals surface area (Å²) < 4.78 is 14.0. The summed E-state index contributed by atoms with van der Waals surface area (Å²) in [6.07, 6.45) is 0. The zero-order chi connectivity index (χ0) is 20.3. The van der Waals surface area contributed by atoms with Crippen LogP contribution in [0.1, 0.15) is 18.1 Å². The SMILES string of the molecule is CC(=O)N(CC(=O)N1CCN(c2ccccc2F)CC1)c1cccc(C)c1C. The molecule has 1 saturated heterocycles. The quantitative estimate of drug-likeness (QED) is 0.815. The van der Waals surface area contributed by atoms with Gasteiger partial charge in [0.05, 0.1) is 5.69 Å². The molecule has 1 fully saturated rings. The molecular weight excluding hydrogens is 357 g/mol. The summed E-state index contributed by atoms with van der Waals surface area (Å²) in [4.78, 5) is 30.3. The molecular formula is C22H26FN3O2. The van der Waals surface area contributed by atoms with Crippen molar-refractivity contribution in [1.29, 1.82) is 0 Å². The molecule has 2 aromatic rings. The van der Waals surface area contributed by atoms with Crippen molar-refractivity contribution < 1.29 is 14.0 Å². The number of benzene rings is 2. The molecule has 0 N–H and O–H groups in total. The van der Waals surface area contributed by atoms with E-state index >= 15 is 0 Å². The summed E-state index contributed by atoms with van der Waals surface area (Å²) in [6.45, 7) is 7.58. The Morgan fingerprint density at radius 1 is 1.00 bits per heavy atom. The van der Waals surface area contributed by atoms with E-state index in [1.807, 2.05) is 43.0 Å². The molecule has 2 aromatic carbocycles. The van der Waals surface area contributed by atoms with Gasteiger partial charge in [-0.1, -0.05) is 24.3 Å². The lowest BCUT2D eigenvalue weighted by atomic mass is 10.1. The number of piperazine rings is 1. The van der Waals surface area contributed by atoms with Crippen LogP contribution in [-0.4, -0.2) is 49.4 Å². The Morgan fingerprint density at radius 2 is 1.68 bits per heavy atom. The standard InChI is InChI=1S/C22H26FN3O2/c1-16-7-6-10-20(17(16)2)26(18(3)27)15-22(28)25-13-11-24(12-14-25)21-9-5-4-8-19(21)23/h4-10H,11-15H2,1-3H3. The minimum atomic E-state index is -0.250. The maximum Gasteiger partial charge on any atom is 0.242 e.